The lowest BCUT2D eigenvalue weighted by Gasteiger charge is -2.30. The summed E-state index contributed by atoms with van der Waals surface area (Å²) in [6, 6.07) is 5.60. The number of nitrogens with one attached hydrogen (secondary N) is 1. The van der Waals surface area contributed by atoms with Crippen molar-refractivity contribution in [3.05, 3.63) is 18.2 Å². The van der Waals surface area contributed by atoms with E-state index in [4.69, 9.17) is 5.73 Å². The lowest BCUT2D eigenvalue weighted by atomic mass is 9.79. The molecule has 1 heterocycles. The molecule has 2 atom stereocenters. The van der Waals surface area contributed by atoms with Gasteiger partial charge in [-0.2, -0.15) is 0 Å². The highest BCUT2D eigenvalue weighted by molar-refractivity contribution is 5.42. The van der Waals surface area contributed by atoms with Crippen molar-refractivity contribution >= 4 is 11.6 Å². The number of aliphatic hydroxyl groups is 1. The minimum Gasteiger partial charge on any atom is -0.396 e. The molecule has 0 aromatic carbocycles. The first-order valence-corrected chi connectivity index (χ1v) is 6.37. The van der Waals surface area contributed by atoms with E-state index in [1.165, 1.54) is 19.3 Å². The number of nitrogen functional groups attached to an aromatic ring is 1. The van der Waals surface area contributed by atoms with E-state index in [0.29, 0.717) is 24.3 Å². The largest absolute Gasteiger partial charge is 0.396 e. The molecule has 1 aromatic rings. The smallest absolute Gasteiger partial charge is 0.128 e. The quantitative estimate of drug-likeness (QED) is 0.745. The molecule has 2 rings (SSSR count). The SMILES string of the molecule is Nc1cccc(NCC2CCCCC2CO)n1. The van der Waals surface area contributed by atoms with Gasteiger partial charge in [0.1, 0.15) is 11.6 Å². The molecule has 0 bridgehead atoms. The van der Waals surface area contributed by atoms with Crippen LogP contribution >= 0.6 is 0 Å². The van der Waals surface area contributed by atoms with Gasteiger partial charge in [0.15, 0.2) is 0 Å². The molecule has 0 amide bonds. The molecule has 1 fully saturated rings. The molecule has 1 aliphatic carbocycles. The minimum atomic E-state index is 0.302. The Bertz CT molecular complexity index is 356. The summed E-state index contributed by atoms with van der Waals surface area (Å²) in [7, 11) is 0. The van der Waals surface area contributed by atoms with Crippen molar-refractivity contribution < 1.29 is 5.11 Å². The van der Waals surface area contributed by atoms with Gasteiger partial charge in [0, 0.05) is 13.2 Å². The van der Waals surface area contributed by atoms with Crippen LogP contribution in [0.25, 0.3) is 0 Å². The van der Waals surface area contributed by atoms with Crippen LogP contribution in [0.5, 0.6) is 0 Å². The maximum atomic E-state index is 9.34. The predicted molar refractivity (Wildman–Crippen MR) is 69.7 cm³/mol. The Morgan fingerprint density at radius 3 is 2.76 bits per heavy atom. The Labute approximate surface area is 102 Å². The van der Waals surface area contributed by atoms with Gasteiger partial charge < -0.3 is 16.2 Å². The van der Waals surface area contributed by atoms with E-state index in [0.717, 1.165) is 18.8 Å². The van der Waals surface area contributed by atoms with E-state index in [1.807, 2.05) is 12.1 Å². The molecule has 4 heteroatoms. The van der Waals surface area contributed by atoms with Crippen LogP contribution in [0, 0.1) is 11.8 Å². The van der Waals surface area contributed by atoms with Crippen molar-refractivity contribution in [2.75, 3.05) is 24.2 Å². The molecule has 4 nitrogen and oxygen atoms in total. The van der Waals surface area contributed by atoms with Crippen molar-refractivity contribution in [1.82, 2.24) is 4.98 Å². The number of hydrogen-bond donors (Lipinski definition) is 3. The van der Waals surface area contributed by atoms with Crippen LogP contribution in [-0.4, -0.2) is 23.2 Å². The molecule has 1 aromatic heterocycles. The zero-order valence-corrected chi connectivity index (χ0v) is 10.1. The van der Waals surface area contributed by atoms with Gasteiger partial charge >= 0.3 is 0 Å². The van der Waals surface area contributed by atoms with E-state index < -0.39 is 0 Å². The molecule has 1 saturated carbocycles. The van der Waals surface area contributed by atoms with E-state index >= 15 is 0 Å². The zero-order chi connectivity index (χ0) is 12.1. The van der Waals surface area contributed by atoms with Gasteiger partial charge in [-0.3, -0.25) is 0 Å². The van der Waals surface area contributed by atoms with Gasteiger partial charge in [0.25, 0.3) is 0 Å². The molecular formula is C13H21N3O. The summed E-state index contributed by atoms with van der Waals surface area (Å²) in [5.74, 6) is 2.36. The number of rotatable bonds is 4. The highest BCUT2D eigenvalue weighted by Crippen LogP contribution is 2.29. The van der Waals surface area contributed by atoms with Crippen molar-refractivity contribution in [1.29, 1.82) is 0 Å². The Morgan fingerprint density at radius 1 is 1.29 bits per heavy atom. The molecule has 0 aliphatic heterocycles. The number of aromatic nitrogens is 1. The topological polar surface area (TPSA) is 71.2 Å². The fraction of sp³-hybridized carbons (Fsp3) is 0.615. The summed E-state index contributed by atoms with van der Waals surface area (Å²) in [5.41, 5.74) is 5.63. The molecule has 0 spiro atoms. The van der Waals surface area contributed by atoms with Crippen molar-refractivity contribution in [2.24, 2.45) is 11.8 Å². The third-order valence-corrected chi connectivity index (χ3v) is 3.62. The second kappa shape index (κ2) is 5.87. The van der Waals surface area contributed by atoms with Crippen molar-refractivity contribution in [3.8, 4) is 0 Å². The highest BCUT2D eigenvalue weighted by atomic mass is 16.3. The number of pyridine rings is 1. The minimum absolute atomic E-state index is 0.302. The van der Waals surface area contributed by atoms with Crippen LogP contribution in [0.15, 0.2) is 18.2 Å². The molecule has 4 N–H and O–H groups in total. The number of anilines is 2. The lowest BCUT2D eigenvalue weighted by Crippen LogP contribution is -2.28. The van der Waals surface area contributed by atoms with Crippen LogP contribution in [0.4, 0.5) is 11.6 Å². The first-order chi connectivity index (χ1) is 8.29. The third kappa shape index (κ3) is 3.33. The molecule has 0 saturated heterocycles. The summed E-state index contributed by atoms with van der Waals surface area (Å²) in [5, 5.41) is 12.7. The number of aliphatic hydroxyl groups excluding tert-OH is 1. The average Bonchev–Trinajstić information content (AvgIpc) is 2.37. The number of hydrogen-bond acceptors (Lipinski definition) is 4. The summed E-state index contributed by atoms with van der Waals surface area (Å²) in [6.45, 7) is 1.18. The van der Waals surface area contributed by atoms with Crippen LogP contribution in [0.1, 0.15) is 25.7 Å². The van der Waals surface area contributed by atoms with Gasteiger partial charge in [-0.05, 0) is 36.8 Å². The Hall–Kier alpha value is -1.29. The second-order valence-corrected chi connectivity index (χ2v) is 4.82. The van der Waals surface area contributed by atoms with Gasteiger partial charge in [0.2, 0.25) is 0 Å². The molecular weight excluding hydrogens is 214 g/mol. The van der Waals surface area contributed by atoms with Gasteiger partial charge in [-0.1, -0.05) is 18.9 Å². The summed E-state index contributed by atoms with van der Waals surface area (Å²) < 4.78 is 0. The Morgan fingerprint density at radius 2 is 2.06 bits per heavy atom. The third-order valence-electron chi connectivity index (χ3n) is 3.62. The number of nitrogens with two attached hydrogens (primary N) is 1. The maximum Gasteiger partial charge on any atom is 0.128 e. The monoisotopic (exact) mass is 235 g/mol. The van der Waals surface area contributed by atoms with E-state index in [-0.39, 0.29) is 0 Å². The van der Waals surface area contributed by atoms with Crippen LogP contribution in [0.3, 0.4) is 0 Å². The maximum absolute atomic E-state index is 9.34. The molecule has 1 aliphatic rings. The summed E-state index contributed by atoms with van der Waals surface area (Å²) >= 11 is 0. The first-order valence-electron chi connectivity index (χ1n) is 6.37. The summed E-state index contributed by atoms with van der Waals surface area (Å²) in [4.78, 5) is 4.21. The lowest BCUT2D eigenvalue weighted by molar-refractivity contribution is 0.141. The standard InChI is InChI=1S/C13H21N3O/c14-12-6-3-7-13(16-12)15-8-10-4-1-2-5-11(10)9-17/h3,6-7,10-11,17H,1-2,4-5,8-9H2,(H3,14,15,16). The first kappa shape index (κ1) is 12.2. The van der Waals surface area contributed by atoms with Crippen LogP contribution in [0.2, 0.25) is 0 Å². The zero-order valence-electron chi connectivity index (χ0n) is 10.1. The fourth-order valence-electron chi connectivity index (χ4n) is 2.58. The van der Waals surface area contributed by atoms with Gasteiger partial charge in [-0.15, -0.1) is 0 Å². The predicted octanol–water partition coefficient (Wildman–Crippen LogP) is 1.87. The second-order valence-electron chi connectivity index (χ2n) is 4.82. The number of nitrogens with zero attached hydrogens (tertiary/aromatic N) is 1. The van der Waals surface area contributed by atoms with E-state index in [2.05, 4.69) is 10.3 Å². The summed E-state index contributed by atoms with van der Waals surface area (Å²) in [6.07, 6.45) is 4.86. The van der Waals surface area contributed by atoms with E-state index in [9.17, 15) is 5.11 Å². The normalized spacial score (nSPS) is 24.5. The molecule has 2 unspecified atom stereocenters. The fourth-order valence-corrected chi connectivity index (χ4v) is 2.58. The van der Waals surface area contributed by atoms with E-state index in [1.54, 1.807) is 6.07 Å². The molecule has 0 radical (unpaired) electrons. The average molecular weight is 235 g/mol. The Balaban J connectivity index is 1.88. The van der Waals surface area contributed by atoms with Crippen LogP contribution in [-0.2, 0) is 0 Å². The van der Waals surface area contributed by atoms with Gasteiger partial charge in [-0.25, -0.2) is 4.98 Å². The van der Waals surface area contributed by atoms with Gasteiger partial charge in [0.05, 0.1) is 0 Å². The van der Waals surface area contributed by atoms with Crippen LogP contribution < -0.4 is 11.1 Å². The Kier molecular flexibility index (Phi) is 4.20. The molecule has 17 heavy (non-hydrogen) atoms. The van der Waals surface area contributed by atoms with Crippen molar-refractivity contribution in [2.45, 2.75) is 25.7 Å². The van der Waals surface area contributed by atoms with Crippen molar-refractivity contribution in [3.63, 3.8) is 0 Å². The highest BCUT2D eigenvalue weighted by Gasteiger charge is 2.24. The molecule has 94 valence electrons.